The van der Waals surface area contributed by atoms with Crippen molar-refractivity contribution in [3.63, 3.8) is 0 Å². The number of H-pyrrole nitrogens is 2. The van der Waals surface area contributed by atoms with Gasteiger partial charge in [-0.25, -0.2) is 4.79 Å². The molecule has 238 valence electrons. The third-order valence-electron chi connectivity index (χ3n) is 7.42. The number of benzene rings is 2. The van der Waals surface area contributed by atoms with E-state index >= 15 is 0 Å². The summed E-state index contributed by atoms with van der Waals surface area (Å²) in [6.45, 7) is 0. The first-order valence-electron chi connectivity index (χ1n) is 14.3. The van der Waals surface area contributed by atoms with Crippen molar-refractivity contribution in [2.24, 2.45) is 5.73 Å². The Morgan fingerprint density at radius 2 is 1.24 bits per heavy atom. The molecule has 0 fully saturated rings. The Labute approximate surface area is 262 Å². The van der Waals surface area contributed by atoms with Gasteiger partial charge in [-0.1, -0.05) is 36.4 Å². The van der Waals surface area contributed by atoms with Crippen molar-refractivity contribution in [3.8, 4) is 0 Å². The van der Waals surface area contributed by atoms with Gasteiger partial charge in [0.05, 0.1) is 12.5 Å². The monoisotopic (exact) mass is 636 g/mol. The third-order valence-corrected chi connectivity index (χ3v) is 8.06. The van der Waals surface area contributed by atoms with Gasteiger partial charge in [0.25, 0.3) is 0 Å². The number of carboxylic acid groups (broad SMARTS) is 2. The van der Waals surface area contributed by atoms with Crippen LogP contribution in [0.5, 0.6) is 0 Å². The number of carbonyl (C=O) groups excluding carboxylic acids is 3. The molecule has 0 radical (unpaired) electrons. The van der Waals surface area contributed by atoms with Gasteiger partial charge in [-0.3, -0.25) is 19.2 Å². The van der Waals surface area contributed by atoms with Gasteiger partial charge in [0.2, 0.25) is 17.7 Å². The number of fused-ring (bicyclic) bond motifs is 2. The lowest BCUT2D eigenvalue weighted by atomic mass is 10.0. The molecule has 0 aliphatic carbocycles. The minimum atomic E-state index is -1.41. The Balaban J connectivity index is 1.53. The van der Waals surface area contributed by atoms with E-state index < -0.39 is 60.2 Å². The van der Waals surface area contributed by atoms with Gasteiger partial charge < -0.3 is 41.9 Å². The summed E-state index contributed by atoms with van der Waals surface area (Å²) in [6, 6.07) is 9.76. The first-order valence-corrected chi connectivity index (χ1v) is 15.7. The molecule has 2 aromatic carbocycles. The number of carboxylic acids is 2. The summed E-state index contributed by atoms with van der Waals surface area (Å²) in [4.78, 5) is 69.5. The molecule has 0 bridgehead atoms. The first-order chi connectivity index (χ1) is 21.6. The van der Waals surface area contributed by atoms with Gasteiger partial charge >= 0.3 is 11.9 Å². The lowest BCUT2D eigenvalue weighted by Gasteiger charge is -2.25. The van der Waals surface area contributed by atoms with Crippen LogP contribution in [0.1, 0.15) is 24.0 Å². The number of nitrogens with one attached hydrogen (secondary N) is 5. The second-order valence-corrected chi connectivity index (χ2v) is 11.6. The van der Waals surface area contributed by atoms with Crippen LogP contribution in [0.25, 0.3) is 21.8 Å². The fourth-order valence-corrected chi connectivity index (χ4v) is 5.53. The Kier molecular flexibility index (Phi) is 11.2. The van der Waals surface area contributed by atoms with E-state index in [-0.39, 0.29) is 19.3 Å². The second-order valence-electron chi connectivity index (χ2n) is 10.6. The van der Waals surface area contributed by atoms with Gasteiger partial charge in [0.1, 0.15) is 18.1 Å². The number of para-hydroxylation sites is 2. The van der Waals surface area contributed by atoms with Gasteiger partial charge in [-0.2, -0.15) is 11.8 Å². The Morgan fingerprint density at radius 1 is 0.756 bits per heavy atom. The van der Waals surface area contributed by atoms with Gasteiger partial charge in [0.15, 0.2) is 0 Å². The Hall–Kier alpha value is -4.82. The number of aromatic amines is 2. The zero-order valence-corrected chi connectivity index (χ0v) is 25.4. The van der Waals surface area contributed by atoms with Gasteiger partial charge in [0, 0.05) is 47.0 Å². The smallest absolute Gasteiger partial charge is 0.326 e. The highest BCUT2D eigenvalue weighted by molar-refractivity contribution is 7.98. The molecule has 0 spiro atoms. The van der Waals surface area contributed by atoms with Crippen LogP contribution in [0.2, 0.25) is 0 Å². The molecular weight excluding hydrogens is 600 g/mol. The van der Waals surface area contributed by atoms with Crippen LogP contribution in [0.3, 0.4) is 0 Å². The van der Waals surface area contributed by atoms with Crippen LogP contribution in [-0.4, -0.2) is 86.0 Å². The lowest BCUT2D eigenvalue weighted by Crippen LogP contribution is -2.58. The molecule has 3 amide bonds. The molecule has 0 aliphatic rings. The van der Waals surface area contributed by atoms with Crippen LogP contribution < -0.4 is 21.7 Å². The standard InChI is InChI=1S/C31H36N6O7S/c1-45-11-10-24(29(41)37-26(31(43)44)13-18-16-34-23-9-5-3-7-20(18)23)35-30(42)25(36-28(40)21(32)14-27(38)39)12-17-15-33-22-8-4-2-6-19(17)22/h2-9,15-16,21,24-26,33-34H,10-14,32H2,1H3,(H,35,42)(H,36,40)(H,37,41)(H,38,39)(H,43,44). The number of carbonyl (C=O) groups is 5. The largest absolute Gasteiger partial charge is 0.481 e. The van der Waals surface area contributed by atoms with Crippen LogP contribution >= 0.6 is 11.8 Å². The average Bonchev–Trinajstić information content (AvgIpc) is 3.62. The van der Waals surface area contributed by atoms with Crippen LogP contribution in [0, 0.1) is 0 Å². The molecule has 4 aromatic rings. The molecule has 2 aromatic heterocycles. The molecule has 45 heavy (non-hydrogen) atoms. The highest BCUT2D eigenvalue weighted by Gasteiger charge is 2.31. The van der Waals surface area contributed by atoms with E-state index in [2.05, 4.69) is 25.9 Å². The molecule has 9 N–H and O–H groups in total. The predicted octanol–water partition coefficient (Wildman–Crippen LogP) is 1.53. The zero-order chi connectivity index (χ0) is 32.5. The highest BCUT2D eigenvalue weighted by atomic mass is 32.2. The number of hydrogen-bond acceptors (Lipinski definition) is 7. The van der Waals surface area contributed by atoms with Crippen molar-refractivity contribution in [2.45, 2.75) is 49.9 Å². The highest BCUT2D eigenvalue weighted by Crippen LogP contribution is 2.21. The zero-order valence-electron chi connectivity index (χ0n) is 24.5. The molecular formula is C31H36N6O7S. The van der Waals surface area contributed by atoms with Crippen molar-refractivity contribution in [1.29, 1.82) is 0 Å². The van der Waals surface area contributed by atoms with Gasteiger partial charge in [-0.15, -0.1) is 0 Å². The molecule has 0 saturated heterocycles. The maximum Gasteiger partial charge on any atom is 0.326 e. The van der Waals surface area contributed by atoms with Crippen LogP contribution in [0.4, 0.5) is 0 Å². The predicted molar refractivity (Wildman–Crippen MR) is 171 cm³/mol. The third kappa shape index (κ3) is 8.64. The maximum atomic E-state index is 13.7. The Bertz CT molecular complexity index is 1680. The van der Waals surface area contributed by atoms with E-state index in [4.69, 9.17) is 10.8 Å². The minimum absolute atomic E-state index is 0.00892. The summed E-state index contributed by atoms with van der Waals surface area (Å²) < 4.78 is 0. The van der Waals surface area contributed by atoms with E-state index in [1.807, 2.05) is 54.8 Å². The van der Waals surface area contributed by atoms with E-state index in [1.165, 1.54) is 11.8 Å². The summed E-state index contributed by atoms with van der Waals surface area (Å²) in [6.07, 6.45) is 4.80. The van der Waals surface area contributed by atoms with Crippen molar-refractivity contribution in [1.82, 2.24) is 25.9 Å². The minimum Gasteiger partial charge on any atom is -0.481 e. The summed E-state index contributed by atoms with van der Waals surface area (Å²) >= 11 is 1.44. The summed E-state index contributed by atoms with van der Waals surface area (Å²) in [5, 5.41) is 28.5. The van der Waals surface area contributed by atoms with E-state index in [0.717, 1.165) is 21.8 Å². The summed E-state index contributed by atoms with van der Waals surface area (Å²) in [5.74, 6) is -4.27. The maximum absolute atomic E-state index is 13.7. The molecule has 0 aliphatic heterocycles. The summed E-state index contributed by atoms with van der Waals surface area (Å²) in [7, 11) is 0. The molecule has 4 atom stereocenters. The number of hydrogen-bond donors (Lipinski definition) is 8. The fourth-order valence-electron chi connectivity index (χ4n) is 5.06. The number of thioether (sulfide) groups is 1. The molecule has 4 rings (SSSR count). The molecule has 13 nitrogen and oxygen atoms in total. The normalized spacial score (nSPS) is 13.9. The first kappa shape index (κ1) is 33.1. The topological polar surface area (TPSA) is 219 Å². The average molecular weight is 637 g/mol. The number of aliphatic carboxylic acids is 2. The number of aromatic nitrogens is 2. The number of amides is 3. The van der Waals surface area contributed by atoms with E-state index in [1.54, 1.807) is 12.4 Å². The van der Waals surface area contributed by atoms with Crippen molar-refractivity contribution < 1.29 is 34.2 Å². The molecule has 14 heteroatoms. The van der Waals surface area contributed by atoms with E-state index in [9.17, 15) is 29.1 Å². The van der Waals surface area contributed by atoms with Crippen molar-refractivity contribution in [3.05, 3.63) is 72.1 Å². The quantitative estimate of drug-likeness (QED) is 0.0892. The SMILES string of the molecule is CSCCC(NC(=O)C(Cc1c[nH]c2ccccc12)NC(=O)C(N)CC(=O)O)C(=O)NC(Cc1c[nH]c2ccccc12)C(=O)O. The molecule has 4 unspecified atom stereocenters. The van der Waals surface area contributed by atoms with Crippen molar-refractivity contribution >= 4 is 63.2 Å². The van der Waals surface area contributed by atoms with Gasteiger partial charge in [-0.05, 0) is 41.7 Å². The second kappa shape index (κ2) is 15.3. The number of nitrogens with two attached hydrogens (primary N) is 1. The Morgan fingerprint density at radius 3 is 1.78 bits per heavy atom. The number of rotatable bonds is 16. The fraction of sp³-hybridized carbons (Fsp3) is 0.323. The van der Waals surface area contributed by atoms with Crippen LogP contribution in [-0.2, 0) is 36.8 Å². The van der Waals surface area contributed by atoms with Crippen molar-refractivity contribution in [2.75, 3.05) is 12.0 Å². The summed E-state index contributed by atoms with van der Waals surface area (Å²) in [5.41, 5.74) is 8.82. The molecule has 2 heterocycles. The van der Waals surface area contributed by atoms with E-state index in [0.29, 0.717) is 16.9 Å². The molecule has 0 saturated carbocycles. The lowest BCUT2D eigenvalue weighted by molar-refractivity contribution is -0.142. The van der Waals surface area contributed by atoms with Crippen LogP contribution in [0.15, 0.2) is 60.9 Å².